The van der Waals surface area contributed by atoms with E-state index in [0.717, 1.165) is 32.5 Å². The van der Waals surface area contributed by atoms with Crippen molar-refractivity contribution in [2.24, 2.45) is 0 Å². The van der Waals surface area contributed by atoms with Gasteiger partial charge < -0.3 is 16.0 Å². The average molecular weight is 296 g/mol. The van der Waals surface area contributed by atoms with Gasteiger partial charge in [0, 0.05) is 19.1 Å². The number of likely N-dealkylation sites (tertiary alicyclic amines) is 1. The van der Waals surface area contributed by atoms with E-state index >= 15 is 0 Å². The first kappa shape index (κ1) is 15.1. The van der Waals surface area contributed by atoms with Gasteiger partial charge in [-0.1, -0.05) is 24.6 Å². The average Bonchev–Trinajstić information content (AvgIpc) is 2.44. The maximum atomic E-state index is 12.2. The van der Waals surface area contributed by atoms with Crippen molar-refractivity contribution in [3.8, 4) is 0 Å². The number of rotatable bonds is 4. The fourth-order valence-corrected chi connectivity index (χ4v) is 2.82. The van der Waals surface area contributed by atoms with E-state index in [2.05, 4.69) is 17.1 Å². The molecule has 1 fully saturated rings. The highest BCUT2D eigenvalue weighted by Gasteiger charge is 2.21. The molecule has 0 aromatic heterocycles. The van der Waals surface area contributed by atoms with E-state index in [9.17, 15) is 4.79 Å². The highest BCUT2D eigenvalue weighted by Crippen LogP contribution is 2.23. The van der Waals surface area contributed by atoms with Crippen LogP contribution < -0.4 is 11.1 Å². The van der Waals surface area contributed by atoms with E-state index in [-0.39, 0.29) is 11.9 Å². The molecule has 1 aromatic rings. The van der Waals surface area contributed by atoms with Crippen LogP contribution in [0, 0.1) is 0 Å². The van der Waals surface area contributed by atoms with E-state index in [0.29, 0.717) is 16.3 Å². The fourth-order valence-electron chi connectivity index (χ4n) is 2.61. The number of anilines is 1. The van der Waals surface area contributed by atoms with Crippen LogP contribution in [0.4, 0.5) is 5.69 Å². The van der Waals surface area contributed by atoms with Crippen LogP contribution in [0.1, 0.15) is 36.5 Å². The molecule has 1 amide bonds. The number of nitrogens with zero attached hydrogens (tertiary/aromatic N) is 1. The third-order valence-electron chi connectivity index (χ3n) is 3.74. The number of piperidine rings is 1. The Morgan fingerprint density at radius 3 is 2.80 bits per heavy atom. The minimum atomic E-state index is -0.128. The van der Waals surface area contributed by atoms with Crippen LogP contribution in [0.15, 0.2) is 18.2 Å². The predicted molar refractivity (Wildman–Crippen MR) is 83.1 cm³/mol. The molecule has 1 aliphatic heterocycles. The van der Waals surface area contributed by atoms with Gasteiger partial charge in [0.15, 0.2) is 0 Å². The van der Waals surface area contributed by atoms with Gasteiger partial charge in [0.2, 0.25) is 0 Å². The second kappa shape index (κ2) is 6.95. The van der Waals surface area contributed by atoms with E-state index in [1.54, 1.807) is 18.2 Å². The van der Waals surface area contributed by atoms with Gasteiger partial charge in [-0.25, -0.2) is 0 Å². The van der Waals surface area contributed by atoms with Gasteiger partial charge in [0.05, 0.1) is 16.3 Å². The molecule has 2 rings (SSSR count). The normalized spacial score (nSPS) is 17.1. The number of nitrogens with one attached hydrogen (secondary N) is 1. The summed E-state index contributed by atoms with van der Waals surface area (Å²) in [5, 5.41) is 3.40. The fraction of sp³-hybridized carbons (Fsp3) is 0.533. The van der Waals surface area contributed by atoms with Gasteiger partial charge in [-0.2, -0.15) is 0 Å². The van der Waals surface area contributed by atoms with E-state index in [4.69, 9.17) is 17.3 Å². The summed E-state index contributed by atoms with van der Waals surface area (Å²) in [6.07, 6.45) is 3.16. The molecule has 0 aliphatic carbocycles. The highest BCUT2D eigenvalue weighted by atomic mass is 35.5. The topological polar surface area (TPSA) is 58.4 Å². The molecule has 3 N–H and O–H groups in total. The smallest absolute Gasteiger partial charge is 0.253 e. The highest BCUT2D eigenvalue weighted by molar-refractivity contribution is 6.36. The molecule has 0 saturated carbocycles. The predicted octanol–water partition coefficient (Wildman–Crippen LogP) is 2.53. The first-order valence-electron chi connectivity index (χ1n) is 7.19. The minimum absolute atomic E-state index is 0.128. The Morgan fingerprint density at radius 2 is 2.15 bits per heavy atom. The van der Waals surface area contributed by atoms with Crippen LogP contribution in [0.2, 0.25) is 5.02 Å². The Labute approximate surface area is 125 Å². The Morgan fingerprint density at radius 1 is 1.45 bits per heavy atom. The number of carbonyl (C=O) groups excluding carboxylic acids is 1. The SMILES string of the molecule is CCCN1CCC(NC(=O)c2cccc(N)c2Cl)CC1. The summed E-state index contributed by atoms with van der Waals surface area (Å²) in [6.45, 7) is 5.42. The number of amides is 1. The van der Waals surface area contributed by atoms with Crippen LogP contribution in [-0.2, 0) is 0 Å². The van der Waals surface area contributed by atoms with Crippen molar-refractivity contribution in [3.05, 3.63) is 28.8 Å². The Balaban J connectivity index is 1.91. The molecule has 1 saturated heterocycles. The lowest BCUT2D eigenvalue weighted by atomic mass is 10.0. The van der Waals surface area contributed by atoms with E-state index in [1.165, 1.54) is 6.42 Å². The molecule has 20 heavy (non-hydrogen) atoms. The number of carbonyl (C=O) groups is 1. The first-order valence-corrected chi connectivity index (χ1v) is 7.56. The maximum Gasteiger partial charge on any atom is 0.253 e. The summed E-state index contributed by atoms with van der Waals surface area (Å²) in [6, 6.07) is 5.39. The summed E-state index contributed by atoms with van der Waals surface area (Å²) >= 11 is 6.08. The van der Waals surface area contributed by atoms with Crippen molar-refractivity contribution in [1.82, 2.24) is 10.2 Å². The third-order valence-corrected chi connectivity index (χ3v) is 4.16. The molecule has 1 aliphatic rings. The van der Waals surface area contributed by atoms with Gasteiger partial charge in [-0.3, -0.25) is 4.79 Å². The molecule has 0 atom stereocenters. The lowest BCUT2D eigenvalue weighted by Gasteiger charge is -2.32. The Hall–Kier alpha value is -1.26. The molecule has 0 bridgehead atoms. The largest absolute Gasteiger partial charge is 0.398 e. The zero-order chi connectivity index (χ0) is 14.5. The van der Waals surface area contributed by atoms with Crippen molar-refractivity contribution >= 4 is 23.2 Å². The minimum Gasteiger partial charge on any atom is -0.398 e. The molecular weight excluding hydrogens is 274 g/mol. The summed E-state index contributed by atoms with van der Waals surface area (Å²) in [5.41, 5.74) is 6.63. The summed E-state index contributed by atoms with van der Waals surface area (Å²) < 4.78 is 0. The van der Waals surface area contributed by atoms with Gasteiger partial charge in [-0.15, -0.1) is 0 Å². The number of hydrogen-bond donors (Lipinski definition) is 2. The number of hydrogen-bond acceptors (Lipinski definition) is 3. The molecule has 0 radical (unpaired) electrons. The number of nitrogens with two attached hydrogens (primary N) is 1. The second-order valence-corrected chi connectivity index (χ2v) is 5.68. The zero-order valence-electron chi connectivity index (χ0n) is 11.9. The number of nitrogen functional groups attached to an aromatic ring is 1. The summed E-state index contributed by atoms with van der Waals surface area (Å²) in [4.78, 5) is 14.7. The lowest BCUT2D eigenvalue weighted by molar-refractivity contribution is 0.0911. The monoisotopic (exact) mass is 295 g/mol. The molecular formula is C15H22ClN3O. The number of benzene rings is 1. The second-order valence-electron chi connectivity index (χ2n) is 5.30. The van der Waals surface area contributed by atoms with E-state index in [1.807, 2.05) is 0 Å². The molecule has 0 spiro atoms. The zero-order valence-corrected chi connectivity index (χ0v) is 12.6. The van der Waals surface area contributed by atoms with Crippen LogP contribution in [0.5, 0.6) is 0 Å². The van der Waals surface area contributed by atoms with Crippen molar-refractivity contribution < 1.29 is 4.79 Å². The molecule has 4 nitrogen and oxygen atoms in total. The first-order chi connectivity index (χ1) is 9.61. The number of halogens is 1. The van der Waals surface area contributed by atoms with E-state index < -0.39 is 0 Å². The summed E-state index contributed by atoms with van der Waals surface area (Å²) in [7, 11) is 0. The van der Waals surface area contributed by atoms with Crippen LogP contribution in [0.3, 0.4) is 0 Å². The van der Waals surface area contributed by atoms with Crippen LogP contribution >= 0.6 is 11.6 Å². The molecule has 1 aromatic carbocycles. The van der Waals surface area contributed by atoms with Crippen LogP contribution in [-0.4, -0.2) is 36.5 Å². The van der Waals surface area contributed by atoms with Crippen LogP contribution in [0.25, 0.3) is 0 Å². The molecule has 1 heterocycles. The Kier molecular flexibility index (Phi) is 5.26. The standard InChI is InChI=1S/C15H22ClN3O/c1-2-8-19-9-6-11(7-10-19)18-15(20)12-4-3-5-13(17)14(12)16/h3-5,11H,2,6-10,17H2,1H3,(H,18,20). The molecule has 110 valence electrons. The van der Waals surface area contributed by atoms with Crippen molar-refractivity contribution in [2.75, 3.05) is 25.4 Å². The quantitative estimate of drug-likeness (QED) is 0.839. The van der Waals surface area contributed by atoms with Gasteiger partial charge in [-0.05, 0) is 37.9 Å². The maximum absolute atomic E-state index is 12.2. The summed E-state index contributed by atoms with van der Waals surface area (Å²) in [5.74, 6) is -0.128. The molecule has 5 heteroatoms. The van der Waals surface area contributed by atoms with Crippen molar-refractivity contribution in [3.63, 3.8) is 0 Å². The van der Waals surface area contributed by atoms with Crippen molar-refractivity contribution in [1.29, 1.82) is 0 Å². The lowest BCUT2D eigenvalue weighted by Crippen LogP contribution is -2.44. The van der Waals surface area contributed by atoms with Gasteiger partial charge in [0.1, 0.15) is 0 Å². The van der Waals surface area contributed by atoms with Gasteiger partial charge in [0.25, 0.3) is 5.91 Å². The van der Waals surface area contributed by atoms with Gasteiger partial charge >= 0.3 is 0 Å². The Bertz CT molecular complexity index is 470. The van der Waals surface area contributed by atoms with Crippen molar-refractivity contribution in [2.45, 2.75) is 32.2 Å². The third kappa shape index (κ3) is 3.64. The molecule has 0 unspecified atom stereocenters.